The van der Waals surface area contributed by atoms with Gasteiger partial charge in [-0.25, -0.2) is 4.98 Å². The van der Waals surface area contributed by atoms with E-state index in [1.807, 2.05) is 6.92 Å². The summed E-state index contributed by atoms with van der Waals surface area (Å²) in [5.41, 5.74) is 2.75. The normalized spacial score (nSPS) is 13.8. The highest BCUT2D eigenvalue weighted by Crippen LogP contribution is 2.26. The van der Waals surface area contributed by atoms with Gasteiger partial charge in [-0.1, -0.05) is 13.8 Å². The summed E-state index contributed by atoms with van der Waals surface area (Å²) in [6, 6.07) is 0. The van der Waals surface area contributed by atoms with Crippen molar-refractivity contribution in [2.45, 2.75) is 33.3 Å². The van der Waals surface area contributed by atoms with E-state index in [1.165, 1.54) is 11.3 Å². The Balaban J connectivity index is 2.65. The van der Waals surface area contributed by atoms with E-state index < -0.39 is 0 Å². The maximum absolute atomic E-state index is 9.73. The minimum Gasteiger partial charge on any atom is -0.387 e. The summed E-state index contributed by atoms with van der Waals surface area (Å²) in [6.45, 7) is 6.16. The third-order valence-corrected chi connectivity index (χ3v) is 2.81. The zero-order valence-electron chi connectivity index (χ0n) is 7.74. The lowest BCUT2D eigenvalue weighted by Crippen LogP contribution is -2.01. The summed E-state index contributed by atoms with van der Waals surface area (Å²) in [7, 11) is 0. The van der Waals surface area contributed by atoms with Crippen molar-refractivity contribution >= 4 is 11.3 Å². The van der Waals surface area contributed by atoms with E-state index in [-0.39, 0.29) is 6.10 Å². The van der Waals surface area contributed by atoms with Gasteiger partial charge >= 0.3 is 0 Å². The molecule has 3 heteroatoms. The first-order valence-electron chi connectivity index (χ1n) is 4.19. The maximum atomic E-state index is 9.73. The van der Waals surface area contributed by atoms with Crippen molar-refractivity contribution in [3.05, 3.63) is 16.1 Å². The molecule has 0 aliphatic rings. The van der Waals surface area contributed by atoms with Crippen molar-refractivity contribution in [1.82, 2.24) is 4.98 Å². The summed E-state index contributed by atoms with van der Waals surface area (Å²) in [5, 5.41) is 9.73. The number of rotatable bonds is 3. The van der Waals surface area contributed by atoms with Crippen LogP contribution in [-0.2, 0) is 0 Å². The Kier molecular flexibility index (Phi) is 3.23. The summed E-state index contributed by atoms with van der Waals surface area (Å²) in [5.74, 6) is 0.529. The lowest BCUT2D eigenvalue weighted by Gasteiger charge is -2.11. The average Bonchev–Trinajstić information content (AvgIpc) is 2.33. The minimum absolute atomic E-state index is 0.322. The lowest BCUT2D eigenvalue weighted by atomic mass is 10.0. The van der Waals surface area contributed by atoms with Crippen LogP contribution in [0.3, 0.4) is 0 Å². The van der Waals surface area contributed by atoms with Crippen LogP contribution in [0.5, 0.6) is 0 Å². The van der Waals surface area contributed by atoms with Gasteiger partial charge in [0, 0.05) is 0 Å². The summed E-state index contributed by atoms with van der Waals surface area (Å²) >= 11 is 1.54. The molecular formula is C9H15NOS. The minimum atomic E-state index is -0.322. The summed E-state index contributed by atoms with van der Waals surface area (Å²) in [4.78, 5) is 5.12. The Morgan fingerprint density at radius 2 is 2.25 bits per heavy atom. The smallest absolute Gasteiger partial charge is 0.0903 e. The standard InChI is InChI=1S/C9H15NOS/c1-6(2)4-8(11)9-7(3)10-5-12-9/h5-6,8,11H,4H2,1-3H3. The zero-order chi connectivity index (χ0) is 9.14. The third kappa shape index (κ3) is 2.29. The van der Waals surface area contributed by atoms with Gasteiger partial charge in [-0.3, -0.25) is 0 Å². The highest BCUT2D eigenvalue weighted by molar-refractivity contribution is 7.09. The molecule has 1 unspecified atom stereocenters. The number of hydrogen-bond acceptors (Lipinski definition) is 3. The molecule has 1 aromatic heterocycles. The Hall–Kier alpha value is -0.410. The topological polar surface area (TPSA) is 33.1 Å². The van der Waals surface area contributed by atoms with Crippen LogP contribution in [0, 0.1) is 12.8 Å². The molecule has 0 aliphatic carbocycles. The van der Waals surface area contributed by atoms with Crippen LogP contribution in [0.15, 0.2) is 5.51 Å². The maximum Gasteiger partial charge on any atom is 0.0903 e. The van der Waals surface area contributed by atoms with Gasteiger partial charge in [0.1, 0.15) is 0 Å². The van der Waals surface area contributed by atoms with Gasteiger partial charge in [-0.05, 0) is 19.3 Å². The van der Waals surface area contributed by atoms with E-state index in [2.05, 4.69) is 18.8 Å². The summed E-state index contributed by atoms with van der Waals surface area (Å²) < 4.78 is 0. The number of aromatic nitrogens is 1. The molecule has 2 nitrogen and oxygen atoms in total. The highest BCUT2D eigenvalue weighted by Gasteiger charge is 2.13. The molecule has 0 spiro atoms. The van der Waals surface area contributed by atoms with Crippen LogP contribution in [0.2, 0.25) is 0 Å². The molecule has 1 rings (SSSR count). The number of hydrogen-bond donors (Lipinski definition) is 1. The molecular weight excluding hydrogens is 170 g/mol. The fraction of sp³-hybridized carbons (Fsp3) is 0.667. The quantitative estimate of drug-likeness (QED) is 0.785. The Morgan fingerprint density at radius 3 is 2.67 bits per heavy atom. The van der Waals surface area contributed by atoms with Crippen molar-refractivity contribution in [2.75, 3.05) is 0 Å². The molecule has 0 aliphatic heterocycles. The van der Waals surface area contributed by atoms with Crippen molar-refractivity contribution in [3.63, 3.8) is 0 Å². The number of nitrogens with zero attached hydrogens (tertiary/aromatic N) is 1. The van der Waals surface area contributed by atoms with E-state index in [0.717, 1.165) is 17.0 Å². The number of thiazole rings is 1. The van der Waals surface area contributed by atoms with Gasteiger partial charge < -0.3 is 5.11 Å². The second kappa shape index (κ2) is 4.01. The second-order valence-electron chi connectivity index (χ2n) is 3.45. The Morgan fingerprint density at radius 1 is 1.58 bits per heavy atom. The fourth-order valence-corrected chi connectivity index (χ4v) is 1.99. The van der Waals surface area contributed by atoms with Crippen molar-refractivity contribution in [1.29, 1.82) is 0 Å². The zero-order valence-corrected chi connectivity index (χ0v) is 8.56. The SMILES string of the molecule is Cc1ncsc1C(O)CC(C)C. The molecule has 0 saturated carbocycles. The molecule has 0 saturated heterocycles. The van der Waals surface area contributed by atoms with Crippen LogP contribution in [0.25, 0.3) is 0 Å². The first-order valence-corrected chi connectivity index (χ1v) is 5.07. The first kappa shape index (κ1) is 9.68. The molecule has 1 atom stereocenters. The van der Waals surface area contributed by atoms with Gasteiger partial charge in [0.05, 0.1) is 22.2 Å². The van der Waals surface area contributed by atoms with Crippen molar-refractivity contribution < 1.29 is 5.11 Å². The highest BCUT2D eigenvalue weighted by atomic mass is 32.1. The predicted octanol–water partition coefficient (Wildman–Crippen LogP) is 2.53. The Labute approximate surface area is 77.3 Å². The van der Waals surface area contributed by atoms with Crippen molar-refractivity contribution in [2.24, 2.45) is 5.92 Å². The van der Waals surface area contributed by atoms with Crippen LogP contribution >= 0.6 is 11.3 Å². The monoisotopic (exact) mass is 185 g/mol. The molecule has 0 radical (unpaired) electrons. The number of aryl methyl sites for hydroxylation is 1. The van der Waals surface area contributed by atoms with Gasteiger partial charge in [0.2, 0.25) is 0 Å². The molecule has 0 aromatic carbocycles. The van der Waals surface area contributed by atoms with Gasteiger partial charge in [0.15, 0.2) is 0 Å². The second-order valence-corrected chi connectivity index (χ2v) is 4.33. The predicted molar refractivity (Wildman–Crippen MR) is 51.3 cm³/mol. The molecule has 12 heavy (non-hydrogen) atoms. The average molecular weight is 185 g/mol. The molecule has 1 heterocycles. The summed E-state index contributed by atoms with van der Waals surface area (Å²) in [6.07, 6.45) is 0.501. The van der Waals surface area contributed by atoms with Crippen LogP contribution in [0.1, 0.15) is 36.9 Å². The lowest BCUT2D eigenvalue weighted by molar-refractivity contribution is 0.154. The number of aliphatic hydroxyl groups excluding tert-OH is 1. The van der Waals surface area contributed by atoms with E-state index in [4.69, 9.17) is 0 Å². The van der Waals surface area contributed by atoms with E-state index in [0.29, 0.717) is 5.92 Å². The van der Waals surface area contributed by atoms with Crippen LogP contribution in [-0.4, -0.2) is 10.1 Å². The molecule has 1 N–H and O–H groups in total. The van der Waals surface area contributed by atoms with E-state index in [9.17, 15) is 5.11 Å². The third-order valence-electron chi connectivity index (χ3n) is 1.78. The fourth-order valence-electron chi connectivity index (χ4n) is 1.18. The number of aliphatic hydroxyl groups is 1. The molecule has 1 aromatic rings. The molecule has 68 valence electrons. The van der Waals surface area contributed by atoms with Crippen LogP contribution in [0.4, 0.5) is 0 Å². The van der Waals surface area contributed by atoms with Gasteiger partial charge in [-0.15, -0.1) is 11.3 Å². The van der Waals surface area contributed by atoms with Gasteiger partial charge in [-0.2, -0.15) is 0 Å². The molecule has 0 fully saturated rings. The first-order chi connectivity index (χ1) is 5.61. The van der Waals surface area contributed by atoms with Gasteiger partial charge in [0.25, 0.3) is 0 Å². The van der Waals surface area contributed by atoms with E-state index >= 15 is 0 Å². The largest absolute Gasteiger partial charge is 0.387 e. The molecule has 0 bridgehead atoms. The van der Waals surface area contributed by atoms with E-state index in [1.54, 1.807) is 5.51 Å². The molecule has 0 amide bonds. The van der Waals surface area contributed by atoms with Crippen molar-refractivity contribution in [3.8, 4) is 0 Å². The Bertz CT molecular complexity index is 244. The van der Waals surface area contributed by atoms with Crippen LogP contribution < -0.4 is 0 Å².